The van der Waals surface area contributed by atoms with Crippen LogP contribution >= 0.6 is 0 Å². The maximum absolute atomic E-state index is 11.3. The second kappa shape index (κ2) is 4.31. The van der Waals surface area contributed by atoms with Gasteiger partial charge in [0.2, 0.25) is 0 Å². The molecule has 0 radical (unpaired) electrons. The number of rotatable bonds is 2. The standard InChI is InChI=1S/C17H21NO2/c1-11-4-5-12(2)14(8-11)16(3,19)17(10-18)9-13-6-7-15(17)20-13/h4-5,8,13,15,19H,6-7,9H2,1-3H3. The van der Waals surface area contributed by atoms with Gasteiger partial charge in [0.25, 0.3) is 0 Å². The molecule has 4 atom stereocenters. The second-order valence-corrected chi connectivity index (χ2v) is 6.50. The van der Waals surface area contributed by atoms with Gasteiger partial charge in [-0.15, -0.1) is 0 Å². The molecule has 2 aliphatic heterocycles. The van der Waals surface area contributed by atoms with E-state index in [0.29, 0.717) is 6.42 Å². The van der Waals surface area contributed by atoms with Gasteiger partial charge in [0.1, 0.15) is 11.0 Å². The number of nitriles is 1. The summed E-state index contributed by atoms with van der Waals surface area (Å²) in [7, 11) is 0. The largest absolute Gasteiger partial charge is 0.384 e. The highest BCUT2D eigenvalue weighted by Gasteiger charge is 2.62. The lowest BCUT2D eigenvalue weighted by Gasteiger charge is -2.42. The Morgan fingerprint density at radius 3 is 2.70 bits per heavy atom. The normalized spacial score (nSPS) is 34.8. The zero-order valence-electron chi connectivity index (χ0n) is 12.3. The van der Waals surface area contributed by atoms with E-state index in [1.54, 1.807) is 6.92 Å². The van der Waals surface area contributed by atoms with Crippen LogP contribution in [0.15, 0.2) is 18.2 Å². The molecule has 0 amide bonds. The number of fused-ring (bicyclic) bond motifs is 2. The zero-order chi connectivity index (χ0) is 14.5. The van der Waals surface area contributed by atoms with E-state index in [9.17, 15) is 10.4 Å². The van der Waals surface area contributed by atoms with Crippen LogP contribution in [0, 0.1) is 30.6 Å². The van der Waals surface area contributed by atoms with Crippen LogP contribution in [0.2, 0.25) is 0 Å². The van der Waals surface area contributed by atoms with E-state index < -0.39 is 11.0 Å². The predicted octanol–water partition coefficient (Wildman–Crippen LogP) is 2.97. The van der Waals surface area contributed by atoms with Gasteiger partial charge < -0.3 is 9.84 Å². The minimum Gasteiger partial charge on any atom is -0.384 e. The summed E-state index contributed by atoms with van der Waals surface area (Å²) in [4.78, 5) is 0. The number of hydrogen-bond donors (Lipinski definition) is 1. The first-order valence-corrected chi connectivity index (χ1v) is 7.27. The molecule has 1 aromatic carbocycles. The Hall–Kier alpha value is -1.37. The van der Waals surface area contributed by atoms with Gasteiger partial charge in [-0.05, 0) is 51.2 Å². The molecule has 2 saturated heterocycles. The molecule has 4 unspecified atom stereocenters. The molecule has 2 aliphatic rings. The van der Waals surface area contributed by atoms with Crippen LogP contribution in [0.25, 0.3) is 0 Å². The fraction of sp³-hybridized carbons (Fsp3) is 0.588. The summed E-state index contributed by atoms with van der Waals surface area (Å²) >= 11 is 0. The number of nitrogens with zero attached hydrogens (tertiary/aromatic N) is 1. The SMILES string of the molecule is Cc1ccc(C)c(C(C)(O)C2(C#N)CC3CCC2O3)c1. The summed E-state index contributed by atoms with van der Waals surface area (Å²) in [6, 6.07) is 8.46. The molecule has 106 valence electrons. The first kappa shape index (κ1) is 13.6. The molecule has 0 spiro atoms. The number of hydrogen-bond acceptors (Lipinski definition) is 3. The van der Waals surface area contributed by atoms with Gasteiger partial charge in [-0.1, -0.05) is 23.8 Å². The molecule has 0 saturated carbocycles. The first-order valence-electron chi connectivity index (χ1n) is 7.27. The van der Waals surface area contributed by atoms with Crippen LogP contribution in [-0.4, -0.2) is 17.3 Å². The van der Waals surface area contributed by atoms with E-state index in [0.717, 1.165) is 29.5 Å². The van der Waals surface area contributed by atoms with Crippen molar-refractivity contribution in [3.05, 3.63) is 34.9 Å². The van der Waals surface area contributed by atoms with E-state index in [1.807, 2.05) is 32.0 Å². The predicted molar refractivity (Wildman–Crippen MR) is 76.0 cm³/mol. The van der Waals surface area contributed by atoms with Gasteiger partial charge in [0.05, 0.1) is 18.3 Å². The van der Waals surface area contributed by atoms with Crippen molar-refractivity contribution in [3.63, 3.8) is 0 Å². The summed E-state index contributed by atoms with van der Waals surface area (Å²) in [5.41, 5.74) is 0.975. The molecule has 0 aliphatic carbocycles. The lowest BCUT2D eigenvalue weighted by molar-refractivity contribution is -0.0777. The molecule has 3 nitrogen and oxygen atoms in total. The van der Waals surface area contributed by atoms with Crippen molar-refractivity contribution >= 4 is 0 Å². The van der Waals surface area contributed by atoms with Crippen molar-refractivity contribution in [2.75, 3.05) is 0 Å². The summed E-state index contributed by atoms with van der Waals surface area (Å²) in [5.74, 6) is 0. The summed E-state index contributed by atoms with van der Waals surface area (Å²) in [6.45, 7) is 5.78. The average Bonchev–Trinajstić information content (AvgIpc) is 3.02. The highest BCUT2D eigenvalue weighted by atomic mass is 16.5. The zero-order valence-corrected chi connectivity index (χ0v) is 12.3. The molecule has 2 bridgehead atoms. The number of aliphatic hydroxyl groups is 1. The van der Waals surface area contributed by atoms with Crippen LogP contribution in [0.5, 0.6) is 0 Å². The third-order valence-corrected chi connectivity index (χ3v) is 5.19. The molecule has 2 heterocycles. The topological polar surface area (TPSA) is 53.2 Å². The Bertz CT molecular complexity index is 587. The Morgan fingerprint density at radius 2 is 2.15 bits per heavy atom. The first-order chi connectivity index (χ1) is 9.40. The number of benzene rings is 1. The average molecular weight is 271 g/mol. The van der Waals surface area contributed by atoms with Gasteiger partial charge >= 0.3 is 0 Å². The van der Waals surface area contributed by atoms with Crippen molar-refractivity contribution in [3.8, 4) is 6.07 Å². The molecule has 0 aromatic heterocycles. The Labute approximate surface area is 120 Å². The van der Waals surface area contributed by atoms with Gasteiger partial charge in [0, 0.05) is 0 Å². The minimum absolute atomic E-state index is 0.135. The van der Waals surface area contributed by atoms with E-state index in [4.69, 9.17) is 4.74 Å². The van der Waals surface area contributed by atoms with Crippen LogP contribution < -0.4 is 0 Å². The second-order valence-electron chi connectivity index (χ2n) is 6.50. The summed E-state index contributed by atoms with van der Waals surface area (Å²) < 4.78 is 5.87. The van der Waals surface area contributed by atoms with Gasteiger partial charge in [0.15, 0.2) is 0 Å². The molecular formula is C17H21NO2. The maximum Gasteiger partial charge on any atom is 0.118 e. The highest BCUT2D eigenvalue weighted by molar-refractivity contribution is 5.39. The van der Waals surface area contributed by atoms with Crippen molar-refractivity contribution < 1.29 is 9.84 Å². The molecule has 20 heavy (non-hydrogen) atoms. The molecule has 3 heteroatoms. The van der Waals surface area contributed by atoms with Crippen molar-refractivity contribution in [2.45, 2.75) is 57.8 Å². The van der Waals surface area contributed by atoms with Gasteiger partial charge in [-0.3, -0.25) is 0 Å². The lowest BCUT2D eigenvalue weighted by Crippen LogP contribution is -2.49. The third-order valence-electron chi connectivity index (χ3n) is 5.19. The van der Waals surface area contributed by atoms with E-state index in [1.165, 1.54) is 0 Å². The van der Waals surface area contributed by atoms with Crippen molar-refractivity contribution in [1.82, 2.24) is 0 Å². The molecule has 3 rings (SSSR count). The Morgan fingerprint density at radius 1 is 1.40 bits per heavy atom. The fourth-order valence-corrected chi connectivity index (χ4v) is 3.95. The number of aryl methyl sites for hydroxylation is 2. The molecule has 2 fully saturated rings. The van der Waals surface area contributed by atoms with Crippen LogP contribution in [0.4, 0.5) is 0 Å². The quantitative estimate of drug-likeness (QED) is 0.899. The van der Waals surface area contributed by atoms with Crippen molar-refractivity contribution in [2.24, 2.45) is 5.41 Å². The summed E-state index contributed by atoms with van der Waals surface area (Å²) in [5, 5.41) is 21.1. The Kier molecular flexibility index (Phi) is 2.93. The van der Waals surface area contributed by atoms with Crippen LogP contribution in [-0.2, 0) is 10.3 Å². The smallest absolute Gasteiger partial charge is 0.118 e. The Balaban J connectivity index is 2.11. The molecule has 1 N–H and O–H groups in total. The maximum atomic E-state index is 11.3. The minimum atomic E-state index is -1.18. The summed E-state index contributed by atoms with van der Waals surface area (Å²) in [6.07, 6.45) is 2.51. The van der Waals surface area contributed by atoms with E-state index >= 15 is 0 Å². The van der Waals surface area contributed by atoms with Gasteiger partial charge in [-0.25, -0.2) is 0 Å². The van der Waals surface area contributed by atoms with E-state index in [-0.39, 0.29) is 12.2 Å². The molecular weight excluding hydrogens is 250 g/mol. The lowest BCUT2D eigenvalue weighted by atomic mass is 9.61. The monoisotopic (exact) mass is 271 g/mol. The number of ether oxygens (including phenoxy) is 1. The van der Waals surface area contributed by atoms with Crippen molar-refractivity contribution in [1.29, 1.82) is 5.26 Å². The van der Waals surface area contributed by atoms with Crippen LogP contribution in [0.3, 0.4) is 0 Å². The third kappa shape index (κ3) is 1.65. The van der Waals surface area contributed by atoms with E-state index in [2.05, 4.69) is 6.07 Å². The van der Waals surface area contributed by atoms with Crippen LogP contribution in [0.1, 0.15) is 42.9 Å². The molecule has 1 aromatic rings. The van der Waals surface area contributed by atoms with Gasteiger partial charge in [-0.2, -0.15) is 5.26 Å². The fourth-order valence-electron chi connectivity index (χ4n) is 3.95. The highest BCUT2D eigenvalue weighted by Crippen LogP contribution is 2.56.